The van der Waals surface area contributed by atoms with Crippen LogP contribution in [0.4, 0.5) is 0 Å². The average Bonchev–Trinajstić information content (AvgIpc) is 3.12. The summed E-state index contributed by atoms with van der Waals surface area (Å²) < 4.78 is 10.1. The van der Waals surface area contributed by atoms with Gasteiger partial charge >= 0.3 is 0 Å². The topological polar surface area (TPSA) is 47.6 Å². The van der Waals surface area contributed by atoms with Crippen molar-refractivity contribution in [3.63, 3.8) is 0 Å². The number of hydrogen-bond acceptors (Lipinski definition) is 3. The van der Waals surface area contributed by atoms with Gasteiger partial charge in [-0.3, -0.25) is 4.79 Å². The summed E-state index contributed by atoms with van der Waals surface area (Å²) in [7, 11) is 1.64. The highest BCUT2D eigenvalue weighted by Crippen LogP contribution is 2.59. The largest absolute Gasteiger partial charge is 0.478 e. The second-order valence-electron chi connectivity index (χ2n) is 6.30. The molecule has 1 saturated carbocycles. The molecule has 23 heavy (non-hydrogen) atoms. The highest BCUT2D eigenvalue weighted by atomic mass is 35.5. The molecule has 1 atom stereocenters. The molecule has 0 aromatic heterocycles. The van der Waals surface area contributed by atoms with Gasteiger partial charge in [0.1, 0.15) is 10.1 Å². The number of alkyl halides is 2. The van der Waals surface area contributed by atoms with Gasteiger partial charge in [0, 0.05) is 26.2 Å². The van der Waals surface area contributed by atoms with Crippen molar-refractivity contribution in [2.45, 2.75) is 42.5 Å². The summed E-state index contributed by atoms with van der Waals surface area (Å²) in [6.45, 7) is 4.67. The fourth-order valence-electron chi connectivity index (χ4n) is 2.32. The second-order valence-corrected chi connectivity index (χ2v) is 7.84. The Balaban J connectivity index is 1.88. The van der Waals surface area contributed by atoms with E-state index in [9.17, 15) is 4.79 Å². The monoisotopic (exact) mass is 359 g/mol. The number of methoxy groups -OCH3 is 1. The van der Waals surface area contributed by atoms with Crippen molar-refractivity contribution in [1.29, 1.82) is 0 Å². The molecule has 0 saturated heterocycles. The fraction of sp³-hybridized carbons (Fsp3) is 0.588. The molecule has 4 nitrogen and oxygen atoms in total. The van der Waals surface area contributed by atoms with E-state index in [2.05, 4.69) is 5.32 Å². The van der Waals surface area contributed by atoms with Gasteiger partial charge in [0.05, 0.1) is 0 Å². The third-order valence-corrected chi connectivity index (χ3v) is 4.67. The summed E-state index contributed by atoms with van der Waals surface area (Å²) in [5, 5.41) is 2.85. The number of amides is 1. The van der Waals surface area contributed by atoms with E-state index in [1.807, 2.05) is 24.3 Å². The van der Waals surface area contributed by atoms with Crippen LogP contribution in [0.15, 0.2) is 24.3 Å². The lowest BCUT2D eigenvalue weighted by molar-refractivity contribution is -0.134. The number of carbonyl (C=O) groups is 1. The average molecular weight is 360 g/mol. The first-order valence-electron chi connectivity index (χ1n) is 7.70. The Hall–Kier alpha value is -0.970. The highest BCUT2D eigenvalue weighted by molar-refractivity contribution is 6.51. The van der Waals surface area contributed by atoms with Crippen molar-refractivity contribution >= 4 is 29.1 Å². The van der Waals surface area contributed by atoms with Crippen molar-refractivity contribution in [1.82, 2.24) is 5.32 Å². The standard InChI is InChI=1S/C17H23Cl2NO3/c1-16(2,15(21)20-9-4-10-22-3)23-13-7-5-12(6-8-13)14-11-17(14,18)19/h5-8,14H,4,9-11H2,1-3H3,(H,20,21)/t14-/m1/s1. The summed E-state index contributed by atoms with van der Waals surface area (Å²) in [6.07, 6.45) is 1.54. The fourth-order valence-corrected chi connectivity index (χ4v) is 2.88. The predicted molar refractivity (Wildman–Crippen MR) is 92.4 cm³/mol. The van der Waals surface area contributed by atoms with Gasteiger partial charge in [-0.05, 0) is 44.4 Å². The van der Waals surface area contributed by atoms with E-state index < -0.39 is 9.93 Å². The Morgan fingerprint density at radius 2 is 1.96 bits per heavy atom. The minimum Gasteiger partial charge on any atom is -0.478 e. The number of rotatable bonds is 8. The quantitative estimate of drug-likeness (QED) is 0.569. The maximum Gasteiger partial charge on any atom is 0.263 e. The predicted octanol–water partition coefficient (Wildman–Crippen LogP) is 3.66. The van der Waals surface area contributed by atoms with Crippen LogP contribution < -0.4 is 10.1 Å². The SMILES string of the molecule is COCCCNC(=O)C(C)(C)Oc1ccc([C@H]2CC2(Cl)Cl)cc1. The van der Waals surface area contributed by atoms with Gasteiger partial charge < -0.3 is 14.8 Å². The van der Waals surface area contributed by atoms with Crippen LogP contribution in [0, 0.1) is 0 Å². The third-order valence-electron chi connectivity index (χ3n) is 3.84. The smallest absolute Gasteiger partial charge is 0.263 e. The Labute approximate surface area is 147 Å². The normalized spacial score (nSPS) is 19.3. The second kappa shape index (κ2) is 7.29. The van der Waals surface area contributed by atoms with Crippen molar-refractivity contribution in [2.75, 3.05) is 20.3 Å². The van der Waals surface area contributed by atoms with Crippen molar-refractivity contribution in [3.8, 4) is 5.75 Å². The van der Waals surface area contributed by atoms with E-state index in [1.54, 1.807) is 21.0 Å². The molecule has 1 aromatic rings. The van der Waals surface area contributed by atoms with Gasteiger partial charge in [-0.2, -0.15) is 0 Å². The molecule has 0 bridgehead atoms. The maximum atomic E-state index is 12.2. The molecule has 0 radical (unpaired) electrons. The van der Waals surface area contributed by atoms with Gasteiger partial charge in [-0.25, -0.2) is 0 Å². The molecule has 0 aliphatic heterocycles. The van der Waals surface area contributed by atoms with Crippen LogP contribution in [-0.2, 0) is 9.53 Å². The summed E-state index contributed by atoms with van der Waals surface area (Å²) in [6, 6.07) is 7.58. The minimum atomic E-state index is -0.948. The van der Waals surface area contributed by atoms with E-state index in [1.165, 1.54) is 0 Å². The molecule has 1 aliphatic carbocycles. The van der Waals surface area contributed by atoms with Gasteiger partial charge in [0.15, 0.2) is 5.60 Å². The molecule has 6 heteroatoms. The number of hydrogen-bond donors (Lipinski definition) is 1. The van der Waals surface area contributed by atoms with Gasteiger partial charge in [0.25, 0.3) is 5.91 Å². The molecule has 1 amide bonds. The number of halogens is 2. The summed E-state index contributed by atoms with van der Waals surface area (Å²) in [5.41, 5.74) is 0.140. The lowest BCUT2D eigenvalue weighted by Gasteiger charge is -2.25. The number of ether oxygens (including phenoxy) is 2. The lowest BCUT2D eigenvalue weighted by atomic mass is 10.1. The summed E-state index contributed by atoms with van der Waals surface area (Å²) in [5.74, 6) is 0.665. The zero-order chi connectivity index (χ0) is 17.1. The van der Waals surface area contributed by atoms with E-state index in [-0.39, 0.29) is 11.8 Å². The van der Waals surface area contributed by atoms with E-state index in [0.717, 1.165) is 18.4 Å². The first-order valence-corrected chi connectivity index (χ1v) is 8.46. The highest BCUT2D eigenvalue weighted by Gasteiger charge is 2.52. The van der Waals surface area contributed by atoms with Crippen LogP contribution in [0.5, 0.6) is 5.75 Å². The number of carbonyl (C=O) groups excluding carboxylic acids is 1. The van der Waals surface area contributed by atoms with Crippen molar-refractivity contribution in [3.05, 3.63) is 29.8 Å². The minimum absolute atomic E-state index is 0.152. The Bertz CT molecular complexity index is 543. The number of benzene rings is 1. The van der Waals surface area contributed by atoms with E-state index in [0.29, 0.717) is 18.9 Å². The molecule has 1 aromatic carbocycles. The van der Waals surface area contributed by atoms with E-state index in [4.69, 9.17) is 32.7 Å². The van der Waals surface area contributed by atoms with Crippen LogP contribution >= 0.6 is 23.2 Å². The first kappa shape index (κ1) is 18.4. The molecule has 128 valence electrons. The van der Waals surface area contributed by atoms with Gasteiger partial charge in [-0.1, -0.05) is 12.1 Å². The molecule has 1 fully saturated rings. The molecule has 0 heterocycles. The Morgan fingerprint density at radius 3 is 2.48 bits per heavy atom. The molecule has 0 unspecified atom stereocenters. The van der Waals surface area contributed by atoms with Crippen molar-refractivity contribution in [2.24, 2.45) is 0 Å². The number of nitrogens with one attached hydrogen (secondary N) is 1. The van der Waals surface area contributed by atoms with Crippen molar-refractivity contribution < 1.29 is 14.3 Å². The van der Waals surface area contributed by atoms with Crippen LogP contribution in [0.1, 0.15) is 38.2 Å². The Kier molecular flexibility index (Phi) is 5.82. The van der Waals surface area contributed by atoms with Crippen LogP contribution in [0.3, 0.4) is 0 Å². The van der Waals surface area contributed by atoms with Crippen LogP contribution in [-0.4, -0.2) is 36.1 Å². The zero-order valence-electron chi connectivity index (χ0n) is 13.7. The first-order chi connectivity index (χ1) is 10.8. The Morgan fingerprint density at radius 1 is 1.35 bits per heavy atom. The lowest BCUT2D eigenvalue weighted by Crippen LogP contribution is -2.46. The molecule has 1 N–H and O–H groups in total. The van der Waals surface area contributed by atoms with Gasteiger partial charge in [-0.15, -0.1) is 23.2 Å². The zero-order valence-corrected chi connectivity index (χ0v) is 15.2. The summed E-state index contributed by atoms with van der Waals surface area (Å²) >= 11 is 12.1. The van der Waals surface area contributed by atoms with E-state index >= 15 is 0 Å². The summed E-state index contributed by atoms with van der Waals surface area (Å²) in [4.78, 5) is 12.2. The molecular formula is C17H23Cl2NO3. The molecular weight excluding hydrogens is 337 g/mol. The molecule has 2 rings (SSSR count). The maximum absolute atomic E-state index is 12.2. The van der Waals surface area contributed by atoms with Gasteiger partial charge in [0.2, 0.25) is 0 Å². The molecule has 0 spiro atoms. The van der Waals surface area contributed by atoms with Crippen LogP contribution in [0.2, 0.25) is 0 Å². The van der Waals surface area contributed by atoms with Crippen LogP contribution in [0.25, 0.3) is 0 Å². The third kappa shape index (κ3) is 5.00. The molecule has 1 aliphatic rings.